The minimum Gasteiger partial charge on any atom is -0.497 e. The second kappa shape index (κ2) is 6.16. The Morgan fingerprint density at radius 1 is 1.27 bits per heavy atom. The van der Waals surface area contributed by atoms with Crippen molar-refractivity contribution in [1.82, 2.24) is 5.32 Å². The molecule has 122 valence electrons. The van der Waals surface area contributed by atoms with E-state index in [1.165, 1.54) is 0 Å². The van der Waals surface area contributed by atoms with Gasteiger partial charge in [-0.25, -0.2) is 0 Å². The van der Waals surface area contributed by atoms with Crippen LogP contribution in [0.15, 0.2) is 12.1 Å². The quantitative estimate of drug-likeness (QED) is 0.895. The lowest BCUT2D eigenvalue weighted by Crippen LogP contribution is -2.19. The van der Waals surface area contributed by atoms with Crippen LogP contribution >= 0.6 is 0 Å². The molecule has 1 saturated heterocycles. The number of ether oxygens (including phenoxy) is 2. The Hall–Kier alpha value is -1.75. The summed E-state index contributed by atoms with van der Waals surface area (Å²) in [6.07, 6.45) is 0.558. The van der Waals surface area contributed by atoms with E-state index in [4.69, 9.17) is 9.47 Å². The zero-order chi connectivity index (χ0) is 16.5. The maximum absolute atomic E-state index is 11.2. The van der Waals surface area contributed by atoms with Crippen LogP contribution in [0.2, 0.25) is 0 Å². The molecule has 1 aromatic rings. The van der Waals surface area contributed by atoms with Crippen molar-refractivity contribution in [3.05, 3.63) is 23.3 Å². The summed E-state index contributed by atoms with van der Waals surface area (Å²) in [6.45, 7) is 6.84. The van der Waals surface area contributed by atoms with Gasteiger partial charge >= 0.3 is 5.97 Å². The van der Waals surface area contributed by atoms with Crippen molar-refractivity contribution >= 4 is 5.97 Å². The van der Waals surface area contributed by atoms with E-state index in [9.17, 15) is 9.90 Å². The van der Waals surface area contributed by atoms with E-state index in [1.54, 1.807) is 14.2 Å². The highest BCUT2D eigenvalue weighted by Gasteiger charge is 2.34. The van der Waals surface area contributed by atoms with Crippen LogP contribution in [0.3, 0.4) is 0 Å². The van der Waals surface area contributed by atoms with E-state index in [-0.39, 0.29) is 17.4 Å². The van der Waals surface area contributed by atoms with Gasteiger partial charge in [0.2, 0.25) is 0 Å². The van der Waals surface area contributed by atoms with Crippen LogP contribution in [-0.4, -0.2) is 31.8 Å². The first-order chi connectivity index (χ1) is 10.3. The monoisotopic (exact) mass is 307 g/mol. The molecule has 1 aliphatic heterocycles. The largest absolute Gasteiger partial charge is 0.497 e. The molecule has 1 heterocycles. The number of hydrogen-bond acceptors (Lipinski definition) is 4. The molecule has 2 N–H and O–H groups in total. The topological polar surface area (TPSA) is 67.8 Å². The van der Waals surface area contributed by atoms with Crippen LogP contribution in [0.4, 0.5) is 0 Å². The second-order valence-electron chi connectivity index (χ2n) is 6.78. The van der Waals surface area contributed by atoms with Gasteiger partial charge in [-0.2, -0.15) is 0 Å². The van der Waals surface area contributed by atoms with Gasteiger partial charge in [-0.15, -0.1) is 0 Å². The second-order valence-corrected chi connectivity index (χ2v) is 6.78. The van der Waals surface area contributed by atoms with E-state index >= 15 is 0 Å². The lowest BCUT2D eigenvalue weighted by molar-refractivity contribution is -0.141. The van der Waals surface area contributed by atoms with Gasteiger partial charge < -0.3 is 19.9 Å². The Bertz CT molecular complexity index is 563. The van der Waals surface area contributed by atoms with Crippen molar-refractivity contribution in [3.8, 4) is 11.5 Å². The minimum atomic E-state index is -0.757. The molecule has 1 aromatic carbocycles. The Morgan fingerprint density at radius 3 is 2.41 bits per heavy atom. The number of carboxylic acid groups (broad SMARTS) is 1. The van der Waals surface area contributed by atoms with Gasteiger partial charge in [-0.05, 0) is 24.0 Å². The molecular weight excluding hydrogens is 282 g/mol. The summed E-state index contributed by atoms with van der Waals surface area (Å²) in [5.41, 5.74) is 1.93. The number of benzene rings is 1. The summed E-state index contributed by atoms with van der Waals surface area (Å²) in [4.78, 5) is 11.2. The van der Waals surface area contributed by atoms with Crippen LogP contribution in [0, 0.1) is 5.92 Å². The van der Waals surface area contributed by atoms with Crippen LogP contribution in [0.1, 0.15) is 44.4 Å². The van der Waals surface area contributed by atoms with E-state index in [2.05, 4.69) is 26.1 Å². The highest BCUT2D eigenvalue weighted by atomic mass is 16.5. The highest BCUT2D eigenvalue weighted by Crippen LogP contribution is 2.42. The number of hydrogen-bond donors (Lipinski definition) is 2. The zero-order valence-corrected chi connectivity index (χ0v) is 13.9. The van der Waals surface area contributed by atoms with Gasteiger partial charge in [0.1, 0.15) is 11.5 Å². The van der Waals surface area contributed by atoms with Gasteiger partial charge in [0.15, 0.2) is 0 Å². The maximum Gasteiger partial charge on any atom is 0.307 e. The molecule has 2 atom stereocenters. The SMILES string of the molecule is COc1cc(C2CC(C(=O)O)CN2)c(OC)c(C(C)(C)C)c1. The molecule has 0 radical (unpaired) electrons. The van der Waals surface area contributed by atoms with Crippen LogP contribution in [-0.2, 0) is 10.2 Å². The standard InChI is InChI=1S/C17H25NO4/c1-17(2,3)13-8-11(21-4)7-12(15(13)22-5)14-6-10(9-18-14)16(19)20/h7-8,10,14,18H,6,9H2,1-5H3,(H,19,20). The third kappa shape index (κ3) is 3.19. The van der Waals surface area contributed by atoms with E-state index in [1.807, 2.05) is 12.1 Å². The first-order valence-corrected chi connectivity index (χ1v) is 7.50. The minimum absolute atomic E-state index is 0.0350. The number of aliphatic carboxylic acids is 1. The fourth-order valence-corrected chi connectivity index (χ4v) is 2.95. The average Bonchev–Trinajstić information content (AvgIpc) is 2.94. The molecule has 1 aliphatic rings. The van der Waals surface area contributed by atoms with Gasteiger partial charge in [0.25, 0.3) is 0 Å². The molecule has 0 amide bonds. The summed E-state index contributed by atoms with van der Waals surface area (Å²) in [7, 11) is 3.30. The van der Waals surface area contributed by atoms with Gasteiger partial charge in [-0.1, -0.05) is 20.8 Å². The third-order valence-electron chi connectivity index (χ3n) is 4.19. The van der Waals surface area contributed by atoms with Crippen molar-refractivity contribution in [2.75, 3.05) is 20.8 Å². The third-order valence-corrected chi connectivity index (χ3v) is 4.19. The Kier molecular flexibility index (Phi) is 4.66. The van der Waals surface area contributed by atoms with Gasteiger partial charge in [0.05, 0.1) is 20.1 Å². The molecule has 0 spiro atoms. The van der Waals surface area contributed by atoms with Crippen molar-refractivity contribution < 1.29 is 19.4 Å². The number of rotatable bonds is 4. The zero-order valence-electron chi connectivity index (χ0n) is 13.9. The molecule has 2 rings (SSSR count). The van der Waals surface area contributed by atoms with Crippen molar-refractivity contribution in [1.29, 1.82) is 0 Å². The van der Waals surface area contributed by atoms with E-state index in [0.29, 0.717) is 13.0 Å². The summed E-state index contributed by atoms with van der Waals surface area (Å²) in [6, 6.07) is 3.90. The van der Waals surface area contributed by atoms with Crippen molar-refractivity contribution in [2.24, 2.45) is 5.92 Å². The normalized spacial score (nSPS) is 21.7. The van der Waals surface area contributed by atoms with E-state index < -0.39 is 5.97 Å². The van der Waals surface area contributed by atoms with Crippen LogP contribution in [0.25, 0.3) is 0 Å². The summed E-state index contributed by atoms with van der Waals surface area (Å²) >= 11 is 0. The molecule has 0 aliphatic carbocycles. The predicted molar refractivity (Wildman–Crippen MR) is 84.7 cm³/mol. The van der Waals surface area contributed by atoms with Crippen molar-refractivity contribution in [2.45, 2.75) is 38.6 Å². The van der Waals surface area contributed by atoms with Crippen LogP contribution < -0.4 is 14.8 Å². The molecule has 0 bridgehead atoms. The molecule has 0 aromatic heterocycles. The lowest BCUT2D eigenvalue weighted by Gasteiger charge is -2.26. The fourth-order valence-electron chi connectivity index (χ4n) is 2.95. The van der Waals surface area contributed by atoms with E-state index in [0.717, 1.165) is 22.6 Å². The molecule has 0 saturated carbocycles. The smallest absolute Gasteiger partial charge is 0.307 e. The summed E-state index contributed by atoms with van der Waals surface area (Å²) in [5.74, 6) is 0.463. The maximum atomic E-state index is 11.2. The number of nitrogens with one attached hydrogen (secondary N) is 1. The van der Waals surface area contributed by atoms with Crippen LogP contribution in [0.5, 0.6) is 11.5 Å². The Balaban J connectivity index is 2.48. The first kappa shape index (κ1) is 16.6. The Labute approximate surface area is 131 Å². The fraction of sp³-hybridized carbons (Fsp3) is 0.588. The molecule has 5 heteroatoms. The first-order valence-electron chi connectivity index (χ1n) is 7.50. The molecule has 1 fully saturated rings. The number of carbonyl (C=O) groups is 1. The lowest BCUT2D eigenvalue weighted by atomic mass is 9.83. The predicted octanol–water partition coefficient (Wildman–Crippen LogP) is 2.74. The average molecular weight is 307 g/mol. The van der Waals surface area contributed by atoms with Crippen molar-refractivity contribution in [3.63, 3.8) is 0 Å². The highest BCUT2D eigenvalue weighted by molar-refractivity contribution is 5.71. The summed E-state index contributed by atoms with van der Waals surface area (Å²) < 4.78 is 11.1. The van der Waals surface area contributed by atoms with Gasteiger partial charge in [0, 0.05) is 23.7 Å². The molecule has 22 heavy (non-hydrogen) atoms. The molecular formula is C17H25NO4. The van der Waals surface area contributed by atoms with Gasteiger partial charge in [-0.3, -0.25) is 4.79 Å². The molecule has 2 unspecified atom stereocenters. The number of carboxylic acids is 1. The molecule has 5 nitrogen and oxygen atoms in total. The summed E-state index contributed by atoms with van der Waals surface area (Å²) in [5, 5.41) is 12.5. The number of methoxy groups -OCH3 is 2. The Morgan fingerprint density at radius 2 is 1.95 bits per heavy atom.